The highest BCUT2D eigenvalue weighted by molar-refractivity contribution is 9.10. The molecular formula is C21H20BrN3O4. The highest BCUT2D eigenvalue weighted by Crippen LogP contribution is 2.23. The third kappa shape index (κ3) is 5.99. The fourth-order valence-electron chi connectivity index (χ4n) is 2.50. The van der Waals surface area contributed by atoms with Crippen molar-refractivity contribution in [1.29, 1.82) is 0 Å². The van der Waals surface area contributed by atoms with Crippen molar-refractivity contribution in [2.24, 2.45) is 0 Å². The number of nitrogens with one attached hydrogen (secondary N) is 1. The maximum atomic E-state index is 12.0. The van der Waals surface area contributed by atoms with E-state index in [1.54, 1.807) is 6.07 Å². The van der Waals surface area contributed by atoms with Gasteiger partial charge in [-0.2, -0.15) is 0 Å². The van der Waals surface area contributed by atoms with Crippen LogP contribution in [-0.4, -0.2) is 28.7 Å². The van der Waals surface area contributed by atoms with Gasteiger partial charge < -0.3 is 14.5 Å². The first kappa shape index (κ1) is 20.7. The molecule has 1 N–H and O–H groups in total. The van der Waals surface area contributed by atoms with Crippen molar-refractivity contribution in [2.75, 3.05) is 11.9 Å². The minimum absolute atomic E-state index is 0.0387. The Hall–Kier alpha value is -3.00. The van der Waals surface area contributed by atoms with Crippen LogP contribution in [0.2, 0.25) is 0 Å². The number of esters is 1. The second-order valence-electron chi connectivity index (χ2n) is 6.56. The number of carbonyl (C=O) groups is 2. The van der Waals surface area contributed by atoms with Crippen molar-refractivity contribution >= 4 is 33.5 Å². The Balaban J connectivity index is 1.44. The van der Waals surface area contributed by atoms with Crippen LogP contribution in [-0.2, 0) is 20.7 Å². The van der Waals surface area contributed by atoms with Crippen molar-refractivity contribution in [3.8, 4) is 11.5 Å². The van der Waals surface area contributed by atoms with Crippen LogP contribution in [0.1, 0.15) is 23.4 Å². The zero-order valence-electron chi connectivity index (χ0n) is 16.1. The highest BCUT2D eigenvalue weighted by Gasteiger charge is 2.13. The average molecular weight is 458 g/mol. The number of ether oxygens (including phenoxy) is 1. The Morgan fingerprint density at radius 1 is 1.07 bits per heavy atom. The van der Waals surface area contributed by atoms with Gasteiger partial charge in [-0.15, -0.1) is 10.2 Å². The lowest BCUT2D eigenvalue weighted by molar-refractivity contribution is -0.147. The molecule has 0 unspecified atom stereocenters. The molecule has 0 fully saturated rings. The second-order valence-corrected chi connectivity index (χ2v) is 7.41. The molecular weight excluding hydrogens is 438 g/mol. The van der Waals surface area contributed by atoms with E-state index in [-0.39, 0.29) is 19.4 Å². The van der Waals surface area contributed by atoms with Gasteiger partial charge in [-0.3, -0.25) is 9.59 Å². The van der Waals surface area contributed by atoms with Crippen LogP contribution >= 0.6 is 15.9 Å². The number of carbonyl (C=O) groups excluding carboxylic acids is 2. The molecule has 0 aliphatic heterocycles. The van der Waals surface area contributed by atoms with Gasteiger partial charge in [-0.05, 0) is 59.6 Å². The van der Waals surface area contributed by atoms with Crippen LogP contribution < -0.4 is 5.32 Å². The minimum atomic E-state index is -0.516. The summed E-state index contributed by atoms with van der Waals surface area (Å²) in [5.41, 5.74) is 3.63. The summed E-state index contributed by atoms with van der Waals surface area (Å²) in [5.74, 6) is -0.192. The quantitative estimate of drug-likeness (QED) is 0.533. The van der Waals surface area contributed by atoms with E-state index >= 15 is 0 Å². The molecule has 0 saturated heterocycles. The SMILES string of the molecule is Cc1ccc(-c2nnc(CCC(=O)OCC(=O)Nc3ccc(C)cc3Br)o2)cc1. The maximum Gasteiger partial charge on any atom is 0.306 e. The predicted octanol–water partition coefficient (Wildman–Crippen LogP) is 4.23. The van der Waals surface area contributed by atoms with E-state index in [9.17, 15) is 9.59 Å². The molecule has 29 heavy (non-hydrogen) atoms. The molecule has 3 rings (SSSR count). The van der Waals surface area contributed by atoms with Crippen molar-refractivity contribution in [1.82, 2.24) is 10.2 Å². The third-order valence-corrected chi connectivity index (χ3v) is 4.73. The van der Waals surface area contributed by atoms with Gasteiger partial charge in [0.05, 0.1) is 12.1 Å². The van der Waals surface area contributed by atoms with Crippen LogP contribution in [0, 0.1) is 13.8 Å². The molecule has 8 heteroatoms. The summed E-state index contributed by atoms with van der Waals surface area (Å²) in [5, 5.41) is 10.6. The predicted molar refractivity (Wildman–Crippen MR) is 111 cm³/mol. The summed E-state index contributed by atoms with van der Waals surface area (Å²) in [6.07, 6.45) is 0.278. The number of aryl methyl sites for hydroxylation is 3. The van der Waals surface area contributed by atoms with Crippen LogP contribution in [0.4, 0.5) is 5.69 Å². The molecule has 0 spiro atoms. The number of hydrogen-bond acceptors (Lipinski definition) is 6. The zero-order valence-corrected chi connectivity index (χ0v) is 17.7. The van der Waals surface area contributed by atoms with Gasteiger partial charge in [0, 0.05) is 16.5 Å². The Bertz CT molecular complexity index is 1020. The van der Waals surface area contributed by atoms with Gasteiger partial charge in [-0.25, -0.2) is 0 Å². The Morgan fingerprint density at radius 2 is 1.79 bits per heavy atom. The fraction of sp³-hybridized carbons (Fsp3) is 0.238. The summed E-state index contributed by atoms with van der Waals surface area (Å²) in [4.78, 5) is 23.9. The van der Waals surface area contributed by atoms with Crippen molar-refractivity contribution < 1.29 is 18.7 Å². The standard InChI is InChI=1S/C21H20BrN3O4/c1-13-3-6-15(7-4-13)21-25-24-19(29-21)9-10-20(27)28-12-18(26)23-17-8-5-14(2)11-16(17)22/h3-8,11H,9-10,12H2,1-2H3,(H,23,26). The van der Waals surface area contributed by atoms with Crippen LogP contribution in [0.25, 0.3) is 11.5 Å². The number of anilines is 1. The van der Waals surface area contributed by atoms with Gasteiger partial charge in [-0.1, -0.05) is 23.8 Å². The summed E-state index contributed by atoms with van der Waals surface area (Å²) >= 11 is 3.38. The molecule has 0 atom stereocenters. The Kier molecular flexibility index (Phi) is 6.77. The largest absolute Gasteiger partial charge is 0.456 e. The Morgan fingerprint density at radius 3 is 2.52 bits per heavy atom. The number of hydrogen-bond donors (Lipinski definition) is 1. The van der Waals surface area contributed by atoms with Crippen LogP contribution in [0.15, 0.2) is 51.4 Å². The number of benzene rings is 2. The normalized spacial score (nSPS) is 10.6. The maximum absolute atomic E-state index is 12.0. The van der Waals surface area contributed by atoms with Gasteiger partial charge in [0.25, 0.3) is 5.91 Å². The molecule has 0 aliphatic rings. The molecule has 7 nitrogen and oxygen atoms in total. The molecule has 1 aromatic heterocycles. The lowest BCUT2D eigenvalue weighted by Gasteiger charge is -2.08. The number of halogens is 1. The van der Waals surface area contributed by atoms with Gasteiger partial charge in [0.1, 0.15) is 0 Å². The summed E-state index contributed by atoms with van der Waals surface area (Å²) in [6, 6.07) is 13.2. The van der Waals surface area contributed by atoms with Crippen molar-refractivity contribution in [3.05, 3.63) is 64.0 Å². The lowest BCUT2D eigenvalue weighted by Crippen LogP contribution is -2.21. The van der Waals surface area contributed by atoms with Gasteiger partial charge >= 0.3 is 5.97 Å². The summed E-state index contributed by atoms with van der Waals surface area (Å²) in [6.45, 7) is 3.58. The number of rotatable bonds is 7. The fourth-order valence-corrected chi connectivity index (χ4v) is 3.09. The van der Waals surface area contributed by atoms with E-state index in [1.807, 2.05) is 50.2 Å². The molecule has 0 radical (unpaired) electrons. The molecule has 3 aromatic rings. The second kappa shape index (κ2) is 9.47. The van der Waals surface area contributed by atoms with E-state index in [4.69, 9.17) is 9.15 Å². The summed E-state index contributed by atoms with van der Waals surface area (Å²) in [7, 11) is 0. The first-order valence-electron chi connectivity index (χ1n) is 9.02. The molecule has 1 heterocycles. The first-order chi connectivity index (χ1) is 13.9. The number of nitrogens with zero attached hydrogens (tertiary/aromatic N) is 2. The molecule has 0 saturated carbocycles. The monoisotopic (exact) mass is 457 g/mol. The van der Waals surface area contributed by atoms with Crippen molar-refractivity contribution in [3.63, 3.8) is 0 Å². The molecule has 0 bridgehead atoms. The first-order valence-corrected chi connectivity index (χ1v) is 9.81. The minimum Gasteiger partial charge on any atom is -0.456 e. The van der Waals surface area contributed by atoms with E-state index in [0.717, 1.165) is 21.2 Å². The molecule has 2 aromatic carbocycles. The van der Waals surface area contributed by atoms with Crippen LogP contribution in [0.5, 0.6) is 0 Å². The van der Waals surface area contributed by atoms with Crippen LogP contribution in [0.3, 0.4) is 0 Å². The topological polar surface area (TPSA) is 94.3 Å². The van der Waals surface area contributed by atoms with Crippen molar-refractivity contribution in [2.45, 2.75) is 26.7 Å². The smallest absolute Gasteiger partial charge is 0.306 e. The van der Waals surface area contributed by atoms with Gasteiger partial charge in [0.15, 0.2) is 6.61 Å². The Labute approximate surface area is 176 Å². The third-order valence-electron chi connectivity index (χ3n) is 4.07. The van der Waals surface area contributed by atoms with E-state index in [1.165, 1.54) is 0 Å². The number of aromatic nitrogens is 2. The van der Waals surface area contributed by atoms with Gasteiger partial charge in [0.2, 0.25) is 11.8 Å². The highest BCUT2D eigenvalue weighted by atomic mass is 79.9. The molecule has 150 valence electrons. The number of amides is 1. The van der Waals surface area contributed by atoms with E-state index in [2.05, 4.69) is 31.4 Å². The molecule has 1 amide bonds. The summed E-state index contributed by atoms with van der Waals surface area (Å²) < 4.78 is 11.3. The lowest BCUT2D eigenvalue weighted by atomic mass is 10.1. The average Bonchev–Trinajstić information content (AvgIpc) is 3.16. The van der Waals surface area contributed by atoms with E-state index in [0.29, 0.717) is 17.5 Å². The molecule has 0 aliphatic carbocycles. The zero-order chi connectivity index (χ0) is 20.8. The van der Waals surface area contributed by atoms with E-state index < -0.39 is 11.9 Å².